The van der Waals surface area contributed by atoms with Crippen LogP contribution in [0.4, 0.5) is 0 Å². The summed E-state index contributed by atoms with van der Waals surface area (Å²) in [6, 6.07) is 6.53. The number of thiazole rings is 1. The minimum atomic E-state index is 0.859. The molecule has 3 heteroatoms. The quantitative estimate of drug-likeness (QED) is 0.892. The van der Waals surface area contributed by atoms with Gasteiger partial charge in [0.15, 0.2) is 0 Å². The van der Waals surface area contributed by atoms with Gasteiger partial charge in [0.1, 0.15) is 5.01 Å². The van der Waals surface area contributed by atoms with E-state index in [9.17, 15) is 0 Å². The van der Waals surface area contributed by atoms with E-state index in [4.69, 9.17) is 0 Å². The third kappa shape index (κ3) is 2.93. The second-order valence-corrected chi connectivity index (χ2v) is 5.08. The maximum atomic E-state index is 4.64. The molecule has 0 amide bonds. The fraction of sp³-hybridized carbons (Fsp3) is 0.357. The molecule has 2 nitrogen and oxygen atoms in total. The normalized spacial score (nSPS) is 10.8. The highest BCUT2D eigenvalue weighted by Gasteiger charge is 2.05. The SMILES string of the molecule is CCNCc1csc(-c2ccc(C)c(C)c2)n1. The van der Waals surface area contributed by atoms with Crippen LogP contribution in [0.3, 0.4) is 0 Å². The van der Waals surface area contributed by atoms with Crippen molar-refractivity contribution >= 4 is 11.3 Å². The average molecular weight is 246 g/mol. The molecule has 2 aromatic rings. The Bertz CT molecular complexity index is 503. The molecule has 0 saturated heterocycles. The summed E-state index contributed by atoms with van der Waals surface area (Å²) >= 11 is 1.72. The molecule has 0 aliphatic rings. The van der Waals surface area contributed by atoms with Crippen LogP contribution in [-0.2, 0) is 6.54 Å². The largest absolute Gasteiger partial charge is 0.311 e. The highest BCUT2D eigenvalue weighted by molar-refractivity contribution is 7.13. The zero-order valence-electron chi connectivity index (χ0n) is 10.6. The fourth-order valence-corrected chi connectivity index (χ4v) is 2.46. The van der Waals surface area contributed by atoms with E-state index in [2.05, 4.69) is 54.7 Å². The highest BCUT2D eigenvalue weighted by Crippen LogP contribution is 2.25. The number of aryl methyl sites for hydroxylation is 2. The first-order chi connectivity index (χ1) is 8.20. The van der Waals surface area contributed by atoms with Gasteiger partial charge in [-0.3, -0.25) is 0 Å². The molecule has 17 heavy (non-hydrogen) atoms. The van der Waals surface area contributed by atoms with Crippen molar-refractivity contribution in [2.75, 3.05) is 6.54 Å². The Morgan fingerprint density at radius 3 is 2.76 bits per heavy atom. The first-order valence-electron chi connectivity index (χ1n) is 5.93. The van der Waals surface area contributed by atoms with Crippen LogP contribution in [0.25, 0.3) is 10.6 Å². The van der Waals surface area contributed by atoms with Crippen molar-refractivity contribution < 1.29 is 0 Å². The van der Waals surface area contributed by atoms with Crippen LogP contribution in [-0.4, -0.2) is 11.5 Å². The van der Waals surface area contributed by atoms with E-state index >= 15 is 0 Å². The van der Waals surface area contributed by atoms with Crippen molar-refractivity contribution in [3.8, 4) is 10.6 Å². The van der Waals surface area contributed by atoms with Gasteiger partial charge >= 0.3 is 0 Å². The lowest BCUT2D eigenvalue weighted by molar-refractivity contribution is 0.715. The van der Waals surface area contributed by atoms with E-state index in [-0.39, 0.29) is 0 Å². The third-order valence-electron chi connectivity index (χ3n) is 2.86. The lowest BCUT2D eigenvalue weighted by Crippen LogP contribution is -2.11. The molecule has 0 unspecified atom stereocenters. The standard InChI is InChI=1S/C14H18N2S/c1-4-15-8-13-9-17-14(16-13)12-6-5-10(2)11(3)7-12/h5-7,9,15H,4,8H2,1-3H3. The van der Waals surface area contributed by atoms with Crippen LogP contribution in [0.1, 0.15) is 23.7 Å². The van der Waals surface area contributed by atoms with Gasteiger partial charge in [0.25, 0.3) is 0 Å². The number of hydrogen-bond donors (Lipinski definition) is 1. The molecule has 0 aliphatic heterocycles. The van der Waals surface area contributed by atoms with Gasteiger partial charge in [-0.2, -0.15) is 0 Å². The summed E-state index contributed by atoms with van der Waals surface area (Å²) in [6.45, 7) is 8.23. The molecule has 90 valence electrons. The molecule has 1 aromatic carbocycles. The van der Waals surface area contributed by atoms with E-state index in [0.29, 0.717) is 0 Å². The summed E-state index contributed by atoms with van der Waals surface area (Å²) in [7, 11) is 0. The minimum absolute atomic E-state index is 0.859. The van der Waals surface area contributed by atoms with E-state index in [0.717, 1.165) is 23.8 Å². The third-order valence-corrected chi connectivity index (χ3v) is 3.80. The van der Waals surface area contributed by atoms with E-state index in [1.54, 1.807) is 11.3 Å². The number of hydrogen-bond acceptors (Lipinski definition) is 3. The Labute approximate surface area is 107 Å². The number of aromatic nitrogens is 1. The van der Waals surface area contributed by atoms with Gasteiger partial charge in [0.2, 0.25) is 0 Å². The first-order valence-corrected chi connectivity index (χ1v) is 6.81. The lowest BCUT2D eigenvalue weighted by atomic mass is 10.1. The fourth-order valence-electron chi connectivity index (χ4n) is 1.65. The average Bonchev–Trinajstić information content (AvgIpc) is 2.79. The molecule has 1 aromatic heterocycles. The predicted molar refractivity (Wildman–Crippen MR) is 74.4 cm³/mol. The van der Waals surface area contributed by atoms with Crippen molar-refractivity contribution in [2.45, 2.75) is 27.3 Å². The van der Waals surface area contributed by atoms with Gasteiger partial charge in [0.05, 0.1) is 5.69 Å². The minimum Gasteiger partial charge on any atom is -0.311 e. The Morgan fingerprint density at radius 2 is 2.06 bits per heavy atom. The van der Waals surface area contributed by atoms with Crippen molar-refractivity contribution in [3.63, 3.8) is 0 Å². The van der Waals surface area contributed by atoms with Gasteiger partial charge in [-0.15, -0.1) is 11.3 Å². The number of nitrogens with zero attached hydrogens (tertiary/aromatic N) is 1. The molecule has 1 heterocycles. The Morgan fingerprint density at radius 1 is 1.24 bits per heavy atom. The molecular formula is C14H18N2S. The molecule has 0 aliphatic carbocycles. The highest BCUT2D eigenvalue weighted by atomic mass is 32.1. The van der Waals surface area contributed by atoms with Crippen LogP contribution < -0.4 is 5.32 Å². The van der Waals surface area contributed by atoms with E-state index < -0.39 is 0 Å². The van der Waals surface area contributed by atoms with E-state index in [1.165, 1.54) is 16.7 Å². The van der Waals surface area contributed by atoms with E-state index in [1.807, 2.05) is 0 Å². The molecular weight excluding hydrogens is 228 g/mol. The van der Waals surface area contributed by atoms with Crippen LogP contribution in [0, 0.1) is 13.8 Å². The molecule has 0 saturated carbocycles. The maximum Gasteiger partial charge on any atom is 0.123 e. The molecule has 0 radical (unpaired) electrons. The van der Waals surface area contributed by atoms with Crippen LogP contribution in [0.15, 0.2) is 23.6 Å². The number of nitrogens with one attached hydrogen (secondary N) is 1. The van der Waals surface area contributed by atoms with Gasteiger partial charge in [-0.1, -0.05) is 19.1 Å². The predicted octanol–water partition coefficient (Wildman–Crippen LogP) is 3.54. The smallest absolute Gasteiger partial charge is 0.123 e. The van der Waals surface area contributed by atoms with Crippen molar-refractivity contribution in [2.24, 2.45) is 0 Å². The number of rotatable bonds is 4. The summed E-state index contributed by atoms with van der Waals surface area (Å²) < 4.78 is 0. The molecule has 1 N–H and O–H groups in total. The van der Waals surface area contributed by atoms with Gasteiger partial charge in [-0.25, -0.2) is 4.98 Å². The van der Waals surface area contributed by atoms with Gasteiger partial charge < -0.3 is 5.32 Å². The summed E-state index contributed by atoms with van der Waals surface area (Å²) in [5.41, 5.74) is 5.01. The second-order valence-electron chi connectivity index (χ2n) is 4.22. The van der Waals surface area contributed by atoms with Crippen LogP contribution in [0.2, 0.25) is 0 Å². The zero-order chi connectivity index (χ0) is 12.3. The van der Waals surface area contributed by atoms with Crippen molar-refractivity contribution in [3.05, 3.63) is 40.4 Å². The molecule has 2 rings (SSSR count). The monoisotopic (exact) mass is 246 g/mol. The van der Waals surface area contributed by atoms with Gasteiger partial charge in [-0.05, 0) is 37.6 Å². The summed E-state index contributed by atoms with van der Waals surface area (Å²) in [4.78, 5) is 4.64. The van der Waals surface area contributed by atoms with Crippen molar-refractivity contribution in [1.82, 2.24) is 10.3 Å². The maximum absolute atomic E-state index is 4.64. The second kappa shape index (κ2) is 5.43. The van der Waals surface area contributed by atoms with Crippen LogP contribution in [0.5, 0.6) is 0 Å². The molecule has 0 fully saturated rings. The Hall–Kier alpha value is -1.19. The topological polar surface area (TPSA) is 24.9 Å². The summed E-state index contributed by atoms with van der Waals surface area (Å²) in [6.07, 6.45) is 0. The summed E-state index contributed by atoms with van der Waals surface area (Å²) in [5.74, 6) is 0. The molecule has 0 atom stereocenters. The van der Waals surface area contributed by atoms with Crippen molar-refractivity contribution in [1.29, 1.82) is 0 Å². The lowest BCUT2D eigenvalue weighted by Gasteiger charge is -2.02. The number of benzene rings is 1. The molecule has 0 bridgehead atoms. The zero-order valence-corrected chi connectivity index (χ0v) is 11.4. The van der Waals surface area contributed by atoms with Gasteiger partial charge in [0, 0.05) is 17.5 Å². The first kappa shape index (κ1) is 12.3. The Balaban J connectivity index is 2.21. The van der Waals surface area contributed by atoms with Crippen LogP contribution >= 0.6 is 11.3 Å². The molecule has 0 spiro atoms. The Kier molecular flexibility index (Phi) is 3.92. The summed E-state index contributed by atoms with van der Waals surface area (Å²) in [5, 5.41) is 6.54.